The fraction of sp³-hybridized carbons (Fsp3) is 0.571. The van der Waals surface area contributed by atoms with Gasteiger partial charge in [-0.15, -0.1) is 0 Å². The second-order valence-corrected chi connectivity index (χ2v) is 6.02. The molecule has 122 valence electrons. The molecular weight excluding hydrogens is 266 g/mol. The smallest absolute Gasteiger partial charge is 0.0701 e. The molecule has 0 spiro atoms. The van der Waals surface area contributed by atoms with Crippen molar-refractivity contribution >= 4 is 10.9 Å². The Morgan fingerprint density at radius 3 is 1.68 bits per heavy atom. The number of para-hydroxylation sites is 1. The van der Waals surface area contributed by atoms with Crippen LogP contribution in [0.5, 0.6) is 0 Å². The molecule has 0 unspecified atom stereocenters. The molecule has 0 radical (unpaired) electrons. The van der Waals surface area contributed by atoms with Crippen LogP contribution in [0.25, 0.3) is 10.9 Å². The molecule has 0 aliphatic carbocycles. The summed E-state index contributed by atoms with van der Waals surface area (Å²) in [5, 5.41) is 1.20. The molecule has 0 atom stereocenters. The number of nitrogens with zero attached hydrogens (tertiary/aromatic N) is 1. The number of unbranched alkanes of at least 4 members (excludes halogenated alkanes) is 9. The van der Waals surface area contributed by atoms with E-state index in [2.05, 4.69) is 31.0 Å². The highest BCUT2D eigenvalue weighted by Gasteiger charge is 1.90. The van der Waals surface area contributed by atoms with Crippen molar-refractivity contribution in [3.8, 4) is 0 Å². The number of pyridine rings is 1. The van der Waals surface area contributed by atoms with Gasteiger partial charge in [0.2, 0.25) is 0 Å². The second kappa shape index (κ2) is 13.3. The summed E-state index contributed by atoms with van der Waals surface area (Å²) in [6.45, 7) is 4.56. The Morgan fingerprint density at radius 2 is 1.14 bits per heavy atom. The van der Waals surface area contributed by atoms with Crippen LogP contribution in [0.2, 0.25) is 0 Å². The predicted molar refractivity (Wildman–Crippen MR) is 99.3 cm³/mol. The number of hydrogen-bond donors (Lipinski definition) is 0. The zero-order valence-corrected chi connectivity index (χ0v) is 14.6. The van der Waals surface area contributed by atoms with E-state index in [9.17, 15) is 0 Å². The van der Waals surface area contributed by atoms with E-state index < -0.39 is 0 Å². The molecule has 1 heteroatoms. The lowest BCUT2D eigenvalue weighted by molar-refractivity contribution is 0.562. The monoisotopic (exact) mass is 299 g/mol. The Hall–Kier alpha value is -1.37. The molecule has 0 amide bonds. The predicted octanol–water partition coefficient (Wildman–Crippen LogP) is 7.16. The molecule has 1 aromatic heterocycles. The summed E-state index contributed by atoms with van der Waals surface area (Å²) >= 11 is 0. The first kappa shape index (κ1) is 18.7. The lowest BCUT2D eigenvalue weighted by Gasteiger charge is -1.99. The first-order valence-electron chi connectivity index (χ1n) is 9.18. The third kappa shape index (κ3) is 8.81. The Labute approximate surface area is 137 Å². The number of benzene rings is 1. The maximum absolute atomic E-state index is 4.18. The SMILES string of the molecule is CCCCCCCCCCCC.c1ccc2ncccc2c1. The average Bonchev–Trinajstić information content (AvgIpc) is 2.58. The zero-order chi connectivity index (χ0) is 15.9. The fourth-order valence-corrected chi connectivity index (χ4v) is 2.58. The summed E-state index contributed by atoms with van der Waals surface area (Å²) in [6, 6.07) is 12.1. The Kier molecular flexibility index (Phi) is 11.3. The molecule has 2 rings (SSSR count). The molecule has 0 saturated heterocycles. The summed E-state index contributed by atoms with van der Waals surface area (Å²) in [5.41, 5.74) is 1.06. The highest BCUT2D eigenvalue weighted by Crippen LogP contribution is 2.10. The van der Waals surface area contributed by atoms with Gasteiger partial charge < -0.3 is 0 Å². The lowest BCUT2D eigenvalue weighted by atomic mass is 10.1. The maximum atomic E-state index is 4.18. The van der Waals surface area contributed by atoms with Crippen LogP contribution < -0.4 is 0 Å². The van der Waals surface area contributed by atoms with E-state index in [1.807, 2.05) is 30.5 Å². The minimum atomic E-state index is 1.06. The van der Waals surface area contributed by atoms with E-state index in [1.54, 1.807) is 0 Å². The third-order valence-corrected chi connectivity index (χ3v) is 3.97. The number of hydrogen-bond acceptors (Lipinski definition) is 1. The van der Waals surface area contributed by atoms with Gasteiger partial charge >= 0.3 is 0 Å². The fourth-order valence-electron chi connectivity index (χ4n) is 2.58. The molecule has 2 aromatic rings. The third-order valence-electron chi connectivity index (χ3n) is 3.97. The molecule has 0 bridgehead atoms. The Balaban J connectivity index is 0.000000222. The van der Waals surface area contributed by atoms with Gasteiger partial charge in [-0.1, -0.05) is 102 Å². The highest BCUT2D eigenvalue weighted by molar-refractivity contribution is 5.77. The molecule has 0 saturated carbocycles. The van der Waals surface area contributed by atoms with Gasteiger partial charge in [0, 0.05) is 11.6 Å². The van der Waals surface area contributed by atoms with Crippen molar-refractivity contribution in [2.45, 2.75) is 78.1 Å². The van der Waals surface area contributed by atoms with E-state index in [-0.39, 0.29) is 0 Å². The van der Waals surface area contributed by atoms with E-state index in [4.69, 9.17) is 0 Å². The van der Waals surface area contributed by atoms with Crippen molar-refractivity contribution in [3.05, 3.63) is 42.6 Å². The summed E-state index contributed by atoms with van der Waals surface area (Å²) in [4.78, 5) is 4.18. The van der Waals surface area contributed by atoms with Crippen LogP contribution >= 0.6 is 0 Å². The zero-order valence-electron chi connectivity index (χ0n) is 14.6. The molecule has 1 aromatic carbocycles. The largest absolute Gasteiger partial charge is 0.256 e. The topological polar surface area (TPSA) is 12.9 Å². The van der Waals surface area contributed by atoms with Crippen LogP contribution in [0.1, 0.15) is 78.1 Å². The first-order valence-corrected chi connectivity index (χ1v) is 9.18. The molecule has 22 heavy (non-hydrogen) atoms. The molecule has 0 fully saturated rings. The van der Waals surface area contributed by atoms with Crippen LogP contribution in [-0.4, -0.2) is 4.98 Å². The Morgan fingerprint density at radius 1 is 0.636 bits per heavy atom. The van der Waals surface area contributed by atoms with Gasteiger partial charge in [-0.2, -0.15) is 0 Å². The van der Waals surface area contributed by atoms with Crippen molar-refractivity contribution in [1.29, 1.82) is 0 Å². The van der Waals surface area contributed by atoms with E-state index in [0.29, 0.717) is 0 Å². The second-order valence-electron chi connectivity index (χ2n) is 6.02. The van der Waals surface area contributed by atoms with Crippen molar-refractivity contribution in [2.24, 2.45) is 0 Å². The molecule has 1 nitrogen and oxygen atoms in total. The normalized spacial score (nSPS) is 10.3. The summed E-state index contributed by atoms with van der Waals surface area (Å²) < 4.78 is 0. The quantitative estimate of drug-likeness (QED) is 0.447. The molecule has 0 aliphatic heterocycles. The van der Waals surface area contributed by atoms with Gasteiger partial charge in [-0.3, -0.25) is 4.98 Å². The number of rotatable bonds is 9. The van der Waals surface area contributed by atoms with E-state index in [1.165, 1.54) is 69.6 Å². The average molecular weight is 300 g/mol. The summed E-state index contributed by atoms with van der Waals surface area (Å²) in [6.07, 6.45) is 16.2. The van der Waals surface area contributed by atoms with Gasteiger partial charge in [-0.25, -0.2) is 0 Å². The number of fused-ring (bicyclic) bond motifs is 1. The lowest BCUT2D eigenvalue weighted by Crippen LogP contribution is -1.80. The first-order chi connectivity index (χ1) is 10.9. The van der Waals surface area contributed by atoms with Crippen LogP contribution in [0.3, 0.4) is 0 Å². The minimum Gasteiger partial charge on any atom is -0.256 e. The maximum Gasteiger partial charge on any atom is 0.0701 e. The van der Waals surface area contributed by atoms with Crippen molar-refractivity contribution < 1.29 is 0 Å². The minimum absolute atomic E-state index is 1.06. The van der Waals surface area contributed by atoms with Crippen LogP contribution in [0.4, 0.5) is 0 Å². The summed E-state index contributed by atoms with van der Waals surface area (Å²) in [5.74, 6) is 0. The molecule has 0 aliphatic rings. The number of aromatic nitrogens is 1. The standard InChI is InChI=1S/C12H26.C9H7N/c1-3-5-7-9-11-12-10-8-6-4-2;1-2-6-9-8(4-1)5-3-7-10-9/h3-12H2,1-2H3;1-7H. The molecule has 0 N–H and O–H groups in total. The van der Waals surface area contributed by atoms with Gasteiger partial charge in [0.25, 0.3) is 0 Å². The Bertz CT molecular complexity index is 403. The highest BCUT2D eigenvalue weighted by atomic mass is 14.6. The molecular formula is C21H33N. The van der Waals surface area contributed by atoms with E-state index >= 15 is 0 Å². The van der Waals surface area contributed by atoms with Crippen LogP contribution in [0, 0.1) is 0 Å². The van der Waals surface area contributed by atoms with Gasteiger partial charge in [-0.05, 0) is 12.1 Å². The molecule has 1 heterocycles. The van der Waals surface area contributed by atoms with Gasteiger partial charge in [0.15, 0.2) is 0 Å². The van der Waals surface area contributed by atoms with Crippen molar-refractivity contribution in [2.75, 3.05) is 0 Å². The van der Waals surface area contributed by atoms with Crippen LogP contribution in [-0.2, 0) is 0 Å². The van der Waals surface area contributed by atoms with E-state index in [0.717, 1.165) is 5.52 Å². The van der Waals surface area contributed by atoms with Gasteiger partial charge in [0.1, 0.15) is 0 Å². The van der Waals surface area contributed by atoms with Gasteiger partial charge in [0.05, 0.1) is 5.52 Å². The van der Waals surface area contributed by atoms with Crippen molar-refractivity contribution in [3.63, 3.8) is 0 Å². The van der Waals surface area contributed by atoms with Crippen LogP contribution in [0.15, 0.2) is 42.6 Å². The summed E-state index contributed by atoms with van der Waals surface area (Å²) in [7, 11) is 0. The van der Waals surface area contributed by atoms with Crippen molar-refractivity contribution in [1.82, 2.24) is 4.98 Å².